The molecule has 0 unspecified atom stereocenters. The highest BCUT2D eigenvalue weighted by molar-refractivity contribution is 7.89. The van der Waals surface area contributed by atoms with Crippen LogP contribution in [-0.4, -0.2) is 26.7 Å². The smallest absolute Gasteiger partial charge is 0.240 e. The molecule has 90 valence electrons. The third-order valence-electron chi connectivity index (χ3n) is 2.40. The van der Waals surface area contributed by atoms with Gasteiger partial charge in [0.25, 0.3) is 0 Å². The summed E-state index contributed by atoms with van der Waals surface area (Å²) in [6.07, 6.45) is 0. The zero-order valence-corrected chi connectivity index (χ0v) is 10.1. The first-order valence-corrected chi connectivity index (χ1v) is 6.34. The van der Waals surface area contributed by atoms with Gasteiger partial charge in [-0.15, -0.1) is 0 Å². The molecule has 0 heterocycles. The largest absolute Gasteiger partial charge is 0.398 e. The van der Waals surface area contributed by atoms with Gasteiger partial charge >= 0.3 is 0 Å². The maximum atomic E-state index is 11.7. The highest BCUT2D eigenvalue weighted by atomic mass is 32.2. The molecule has 1 rings (SSSR count). The van der Waals surface area contributed by atoms with E-state index in [0.717, 1.165) is 11.1 Å². The molecule has 6 heteroatoms. The number of rotatable bonds is 4. The molecule has 0 spiro atoms. The molecule has 0 aromatic heterocycles. The van der Waals surface area contributed by atoms with Crippen molar-refractivity contribution in [2.45, 2.75) is 18.7 Å². The molecule has 0 fully saturated rings. The third-order valence-corrected chi connectivity index (χ3v) is 3.84. The van der Waals surface area contributed by atoms with Crippen LogP contribution in [0.25, 0.3) is 0 Å². The first-order chi connectivity index (χ1) is 7.38. The Hall–Kier alpha value is -1.11. The van der Waals surface area contributed by atoms with Crippen LogP contribution in [0.5, 0.6) is 0 Å². The van der Waals surface area contributed by atoms with E-state index in [0.29, 0.717) is 5.69 Å². The van der Waals surface area contributed by atoms with Gasteiger partial charge in [-0.3, -0.25) is 0 Å². The standard InChI is InChI=1S/C10H16N2O3S/c1-7-5-9(6-10(11)8(7)2)16(14,15)12-3-4-13/h5-6,12-13H,3-4,11H2,1-2H3. The Bertz CT molecular complexity index is 460. The van der Waals surface area contributed by atoms with E-state index in [1.165, 1.54) is 6.07 Å². The molecule has 0 aliphatic heterocycles. The molecule has 1 aromatic rings. The number of nitrogens with one attached hydrogen (secondary N) is 1. The molecule has 0 atom stereocenters. The highest BCUT2D eigenvalue weighted by Gasteiger charge is 2.15. The van der Waals surface area contributed by atoms with Gasteiger partial charge in [-0.2, -0.15) is 0 Å². The van der Waals surface area contributed by atoms with E-state index in [1.807, 2.05) is 6.92 Å². The van der Waals surface area contributed by atoms with Crippen LogP contribution in [-0.2, 0) is 10.0 Å². The molecule has 0 amide bonds. The summed E-state index contributed by atoms with van der Waals surface area (Å²) in [5.74, 6) is 0. The van der Waals surface area contributed by atoms with Gasteiger partial charge in [-0.25, -0.2) is 13.1 Å². The average molecular weight is 244 g/mol. The van der Waals surface area contributed by atoms with Crippen molar-refractivity contribution >= 4 is 15.7 Å². The van der Waals surface area contributed by atoms with Crippen molar-refractivity contribution in [3.05, 3.63) is 23.3 Å². The second-order valence-electron chi connectivity index (χ2n) is 3.58. The fourth-order valence-corrected chi connectivity index (χ4v) is 2.41. The minimum absolute atomic E-state index is 0.00480. The summed E-state index contributed by atoms with van der Waals surface area (Å²) in [7, 11) is -3.57. The zero-order valence-electron chi connectivity index (χ0n) is 9.32. The van der Waals surface area contributed by atoms with Crippen molar-refractivity contribution in [1.82, 2.24) is 4.72 Å². The highest BCUT2D eigenvalue weighted by Crippen LogP contribution is 2.21. The van der Waals surface area contributed by atoms with Crippen molar-refractivity contribution in [3.8, 4) is 0 Å². The Morgan fingerprint density at radius 2 is 2.00 bits per heavy atom. The van der Waals surface area contributed by atoms with Crippen LogP contribution < -0.4 is 10.5 Å². The van der Waals surface area contributed by atoms with Gasteiger partial charge in [0, 0.05) is 12.2 Å². The van der Waals surface area contributed by atoms with E-state index in [1.54, 1.807) is 13.0 Å². The second-order valence-corrected chi connectivity index (χ2v) is 5.34. The molecular formula is C10H16N2O3S. The van der Waals surface area contributed by atoms with Crippen molar-refractivity contribution in [3.63, 3.8) is 0 Å². The van der Waals surface area contributed by atoms with Crippen LogP contribution >= 0.6 is 0 Å². The number of nitrogens with two attached hydrogens (primary N) is 1. The monoisotopic (exact) mass is 244 g/mol. The van der Waals surface area contributed by atoms with Gasteiger partial charge in [0.1, 0.15) is 0 Å². The number of hydrogen-bond donors (Lipinski definition) is 3. The van der Waals surface area contributed by atoms with Gasteiger partial charge in [0.15, 0.2) is 0 Å². The Morgan fingerprint density at radius 1 is 1.38 bits per heavy atom. The van der Waals surface area contributed by atoms with Crippen molar-refractivity contribution in [2.75, 3.05) is 18.9 Å². The second kappa shape index (κ2) is 4.82. The molecule has 0 aliphatic rings. The minimum atomic E-state index is -3.57. The normalized spacial score (nSPS) is 11.7. The van der Waals surface area contributed by atoms with Crippen LogP contribution in [0, 0.1) is 13.8 Å². The molecule has 4 N–H and O–H groups in total. The van der Waals surface area contributed by atoms with Gasteiger partial charge in [0.2, 0.25) is 10.0 Å². The number of aryl methyl sites for hydroxylation is 1. The summed E-state index contributed by atoms with van der Waals surface area (Å²) in [5.41, 5.74) is 7.85. The van der Waals surface area contributed by atoms with E-state index >= 15 is 0 Å². The molecule has 0 aliphatic carbocycles. The summed E-state index contributed by atoms with van der Waals surface area (Å²) in [4.78, 5) is 0.126. The quantitative estimate of drug-likeness (QED) is 0.658. The minimum Gasteiger partial charge on any atom is -0.398 e. The lowest BCUT2D eigenvalue weighted by Gasteiger charge is -2.10. The fraction of sp³-hybridized carbons (Fsp3) is 0.400. The first-order valence-electron chi connectivity index (χ1n) is 4.85. The molecule has 0 saturated carbocycles. The molecule has 0 radical (unpaired) electrons. The van der Waals surface area contributed by atoms with Crippen molar-refractivity contribution in [1.29, 1.82) is 0 Å². The zero-order chi connectivity index (χ0) is 12.3. The predicted octanol–water partition coefficient (Wildman–Crippen LogP) is 0.156. The lowest BCUT2D eigenvalue weighted by molar-refractivity contribution is 0.301. The van der Waals surface area contributed by atoms with Gasteiger partial charge in [-0.05, 0) is 37.1 Å². The maximum Gasteiger partial charge on any atom is 0.240 e. The summed E-state index contributed by atoms with van der Waals surface area (Å²) in [6, 6.07) is 2.98. The number of aliphatic hydroxyl groups is 1. The van der Waals surface area contributed by atoms with Crippen LogP contribution in [0.4, 0.5) is 5.69 Å². The molecule has 0 saturated heterocycles. The molecule has 0 bridgehead atoms. The topological polar surface area (TPSA) is 92.4 Å². The number of hydrogen-bond acceptors (Lipinski definition) is 4. The summed E-state index contributed by atoms with van der Waals surface area (Å²) < 4.78 is 25.7. The Kier molecular flexibility index (Phi) is 3.90. The van der Waals surface area contributed by atoms with Crippen LogP contribution in [0.1, 0.15) is 11.1 Å². The van der Waals surface area contributed by atoms with E-state index in [4.69, 9.17) is 10.8 Å². The van der Waals surface area contributed by atoms with E-state index in [2.05, 4.69) is 4.72 Å². The lowest BCUT2D eigenvalue weighted by atomic mass is 10.1. The summed E-state index contributed by atoms with van der Waals surface area (Å²) in [5, 5.41) is 8.58. The summed E-state index contributed by atoms with van der Waals surface area (Å²) in [6.45, 7) is 3.40. The molecule has 1 aromatic carbocycles. The van der Waals surface area contributed by atoms with Crippen LogP contribution in [0.3, 0.4) is 0 Å². The third kappa shape index (κ3) is 2.72. The number of sulfonamides is 1. The molecule has 16 heavy (non-hydrogen) atoms. The van der Waals surface area contributed by atoms with Gasteiger partial charge < -0.3 is 10.8 Å². The maximum absolute atomic E-state index is 11.7. The van der Waals surface area contributed by atoms with Crippen molar-refractivity contribution in [2.24, 2.45) is 0 Å². The average Bonchev–Trinajstić information content (AvgIpc) is 2.22. The van der Waals surface area contributed by atoms with Gasteiger partial charge in [0.05, 0.1) is 11.5 Å². The molecule has 5 nitrogen and oxygen atoms in total. The summed E-state index contributed by atoms with van der Waals surface area (Å²) >= 11 is 0. The fourth-order valence-electron chi connectivity index (χ4n) is 1.27. The number of anilines is 1. The van der Waals surface area contributed by atoms with Crippen LogP contribution in [0.2, 0.25) is 0 Å². The first kappa shape index (κ1) is 13.0. The predicted molar refractivity (Wildman–Crippen MR) is 62.6 cm³/mol. The number of benzene rings is 1. The van der Waals surface area contributed by atoms with Gasteiger partial charge in [-0.1, -0.05) is 0 Å². The lowest BCUT2D eigenvalue weighted by Crippen LogP contribution is -2.26. The Morgan fingerprint density at radius 3 is 2.50 bits per heavy atom. The van der Waals surface area contributed by atoms with Crippen LogP contribution in [0.15, 0.2) is 17.0 Å². The van der Waals surface area contributed by atoms with E-state index in [9.17, 15) is 8.42 Å². The van der Waals surface area contributed by atoms with Crippen molar-refractivity contribution < 1.29 is 13.5 Å². The Labute approximate surface area is 95.3 Å². The SMILES string of the molecule is Cc1cc(S(=O)(=O)NCCO)cc(N)c1C. The van der Waals surface area contributed by atoms with E-state index in [-0.39, 0.29) is 18.0 Å². The van der Waals surface area contributed by atoms with E-state index < -0.39 is 10.0 Å². The molecular weight excluding hydrogens is 228 g/mol. The number of aliphatic hydroxyl groups excluding tert-OH is 1. The number of nitrogen functional groups attached to an aromatic ring is 1. The Balaban J connectivity index is 3.14.